The van der Waals surface area contributed by atoms with E-state index in [1.54, 1.807) is 32.9 Å². The molecule has 0 fully saturated rings. The number of nitrogens with zero attached hydrogens (tertiary/aromatic N) is 3. The third kappa shape index (κ3) is 4.91. The number of alkyl halides is 3. The molecule has 0 radical (unpaired) electrons. The zero-order chi connectivity index (χ0) is 23.6. The molecule has 0 bridgehead atoms. The molecule has 168 valence electrons. The van der Waals surface area contributed by atoms with Crippen LogP contribution in [0.25, 0.3) is 5.82 Å². The molecule has 0 atom stereocenters. The summed E-state index contributed by atoms with van der Waals surface area (Å²) in [6.07, 6.45) is -2.68. The molecule has 0 aliphatic carbocycles. The summed E-state index contributed by atoms with van der Waals surface area (Å²) in [5, 5.41) is 8.69. The minimum Gasteiger partial charge on any atom is -0.350 e. The Bertz CT molecular complexity index is 1170. The number of aromatic nitrogens is 3. The lowest BCUT2D eigenvalue weighted by atomic mass is 10.1. The third-order valence-corrected chi connectivity index (χ3v) is 4.65. The van der Waals surface area contributed by atoms with Crippen molar-refractivity contribution in [3.63, 3.8) is 0 Å². The highest BCUT2D eigenvalue weighted by atomic mass is 35.5. The number of carbonyl (C=O) groups excluding carboxylic acids is 2. The summed E-state index contributed by atoms with van der Waals surface area (Å²) in [7, 11) is 0. The number of nitrogens with one attached hydrogen (secondary N) is 2. The van der Waals surface area contributed by atoms with E-state index in [4.69, 9.17) is 11.6 Å². The van der Waals surface area contributed by atoms with Gasteiger partial charge in [0, 0.05) is 18.4 Å². The van der Waals surface area contributed by atoms with Crippen LogP contribution in [0.5, 0.6) is 0 Å². The quantitative estimate of drug-likeness (QED) is 0.574. The molecule has 7 nitrogen and oxygen atoms in total. The SMILES string of the molecule is Cc1cccc(C(=O)NC(C)C)c1NC(=O)c1cn(-c2ncccc2Cl)nc1C(F)(F)F. The number of aryl methyl sites for hydroxylation is 1. The van der Waals surface area contributed by atoms with E-state index in [2.05, 4.69) is 20.7 Å². The lowest BCUT2D eigenvalue weighted by molar-refractivity contribution is -0.141. The first-order chi connectivity index (χ1) is 15.0. The van der Waals surface area contributed by atoms with Crippen molar-refractivity contribution < 1.29 is 22.8 Å². The zero-order valence-corrected chi connectivity index (χ0v) is 18.0. The second kappa shape index (κ2) is 8.99. The molecule has 0 saturated heterocycles. The van der Waals surface area contributed by atoms with E-state index in [1.807, 2.05) is 0 Å². The summed E-state index contributed by atoms with van der Waals surface area (Å²) < 4.78 is 41.7. The van der Waals surface area contributed by atoms with E-state index in [-0.39, 0.29) is 28.1 Å². The van der Waals surface area contributed by atoms with Crippen molar-refractivity contribution in [1.29, 1.82) is 0 Å². The number of para-hydroxylation sites is 1. The van der Waals surface area contributed by atoms with Gasteiger partial charge in [-0.2, -0.15) is 18.3 Å². The van der Waals surface area contributed by atoms with Crippen molar-refractivity contribution in [3.8, 4) is 5.82 Å². The first-order valence-corrected chi connectivity index (χ1v) is 9.86. The van der Waals surface area contributed by atoms with E-state index in [0.29, 0.717) is 5.56 Å². The number of carbonyl (C=O) groups is 2. The monoisotopic (exact) mass is 465 g/mol. The highest BCUT2D eigenvalue weighted by Gasteiger charge is 2.40. The van der Waals surface area contributed by atoms with Crippen molar-refractivity contribution in [1.82, 2.24) is 20.1 Å². The van der Waals surface area contributed by atoms with Crippen molar-refractivity contribution in [2.24, 2.45) is 0 Å². The molecule has 0 spiro atoms. The van der Waals surface area contributed by atoms with Crippen LogP contribution in [0.15, 0.2) is 42.7 Å². The molecule has 3 aromatic rings. The topological polar surface area (TPSA) is 88.9 Å². The fourth-order valence-corrected chi connectivity index (χ4v) is 3.16. The molecule has 11 heteroatoms. The van der Waals surface area contributed by atoms with Crippen molar-refractivity contribution in [2.75, 3.05) is 5.32 Å². The number of pyridine rings is 1. The summed E-state index contributed by atoms with van der Waals surface area (Å²) in [4.78, 5) is 29.4. The Labute approximate surface area is 186 Å². The fourth-order valence-electron chi connectivity index (χ4n) is 2.95. The van der Waals surface area contributed by atoms with Gasteiger partial charge in [0.1, 0.15) is 0 Å². The van der Waals surface area contributed by atoms with Crippen LogP contribution in [-0.4, -0.2) is 32.6 Å². The second-order valence-corrected chi connectivity index (χ2v) is 7.63. The third-order valence-electron chi connectivity index (χ3n) is 4.36. The van der Waals surface area contributed by atoms with Crippen molar-refractivity contribution in [2.45, 2.75) is 33.0 Å². The first-order valence-electron chi connectivity index (χ1n) is 9.48. The summed E-state index contributed by atoms with van der Waals surface area (Å²) in [5.41, 5.74) is -1.41. The second-order valence-electron chi connectivity index (χ2n) is 7.22. The molecule has 2 aromatic heterocycles. The van der Waals surface area contributed by atoms with Gasteiger partial charge in [-0.05, 0) is 44.5 Å². The Morgan fingerprint density at radius 3 is 2.44 bits per heavy atom. The molecule has 1 aromatic carbocycles. The van der Waals surface area contributed by atoms with Crippen LogP contribution in [0, 0.1) is 6.92 Å². The number of halogens is 4. The van der Waals surface area contributed by atoms with E-state index in [9.17, 15) is 22.8 Å². The van der Waals surface area contributed by atoms with Crippen molar-refractivity contribution >= 4 is 29.1 Å². The van der Waals surface area contributed by atoms with Crippen LogP contribution >= 0.6 is 11.6 Å². The van der Waals surface area contributed by atoms with Crippen LogP contribution in [0.3, 0.4) is 0 Å². The highest BCUT2D eigenvalue weighted by molar-refractivity contribution is 6.32. The number of benzene rings is 1. The highest BCUT2D eigenvalue weighted by Crippen LogP contribution is 2.33. The average molecular weight is 466 g/mol. The molecule has 0 aliphatic rings. The van der Waals surface area contributed by atoms with Gasteiger partial charge in [0.05, 0.1) is 21.8 Å². The number of hydrogen-bond acceptors (Lipinski definition) is 4. The fraction of sp³-hybridized carbons (Fsp3) is 0.238. The van der Waals surface area contributed by atoms with Gasteiger partial charge < -0.3 is 10.6 Å². The smallest absolute Gasteiger partial charge is 0.350 e. The molecule has 0 saturated carbocycles. The number of amides is 2. The van der Waals surface area contributed by atoms with Crippen molar-refractivity contribution in [3.05, 3.63) is 70.1 Å². The van der Waals surface area contributed by atoms with Gasteiger partial charge in [0.2, 0.25) is 0 Å². The predicted molar refractivity (Wildman–Crippen MR) is 113 cm³/mol. The molecular weight excluding hydrogens is 447 g/mol. The van der Waals surface area contributed by atoms with Crippen LogP contribution in [0.4, 0.5) is 18.9 Å². The van der Waals surface area contributed by atoms with Gasteiger partial charge in [-0.15, -0.1) is 0 Å². The van der Waals surface area contributed by atoms with E-state index >= 15 is 0 Å². The molecule has 2 N–H and O–H groups in total. The lowest BCUT2D eigenvalue weighted by Crippen LogP contribution is -2.31. The molecule has 0 unspecified atom stereocenters. The van der Waals surface area contributed by atoms with Crippen LogP contribution in [-0.2, 0) is 6.18 Å². The average Bonchev–Trinajstić information content (AvgIpc) is 3.15. The summed E-state index contributed by atoms with van der Waals surface area (Å²) in [5.74, 6) is -1.61. The largest absolute Gasteiger partial charge is 0.435 e. The van der Waals surface area contributed by atoms with Crippen LogP contribution in [0.2, 0.25) is 5.02 Å². The maximum Gasteiger partial charge on any atom is 0.435 e. The normalized spacial score (nSPS) is 11.5. The Morgan fingerprint density at radius 1 is 1.09 bits per heavy atom. The number of anilines is 1. The van der Waals surface area contributed by atoms with Crippen LogP contribution in [0.1, 0.15) is 45.8 Å². The lowest BCUT2D eigenvalue weighted by Gasteiger charge is -2.15. The maximum absolute atomic E-state index is 13.6. The summed E-state index contributed by atoms with van der Waals surface area (Å²) in [6.45, 7) is 5.15. The predicted octanol–water partition coefficient (Wildman–Crippen LogP) is 4.64. The molecule has 2 heterocycles. The minimum atomic E-state index is -4.91. The van der Waals surface area contributed by atoms with Gasteiger partial charge >= 0.3 is 6.18 Å². The molecule has 2 amide bonds. The Balaban J connectivity index is 2.04. The number of hydrogen-bond donors (Lipinski definition) is 2. The number of rotatable bonds is 5. The standard InChI is InChI=1S/C21H19ClF3N5O2/c1-11(2)27-19(31)13-7-4-6-12(3)16(13)28-20(32)14-10-30(29-17(14)21(23,24)25)18-15(22)8-5-9-26-18/h4-11H,1-3H3,(H,27,31)(H,28,32). The van der Waals surface area contributed by atoms with E-state index in [0.717, 1.165) is 10.9 Å². The van der Waals surface area contributed by atoms with Gasteiger partial charge in [-0.3, -0.25) is 9.59 Å². The minimum absolute atomic E-state index is 0.0576. The Morgan fingerprint density at radius 2 is 1.81 bits per heavy atom. The summed E-state index contributed by atoms with van der Waals surface area (Å²) >= 11 is 6.01. The van der Waals surface area contributed by atoms with E-state index in [1.165, 1.54) is 24.4 Å². The van der Waals surface area contributed by atoms with Gasteiger partial charge in [-0.1, -0.05) is 23.7 Å². The summed E-state index contributed by atoms with van der Waals surface area (Å²) in [6, 6.07) is 7.49. The van der Waals surface area contributed by atoms with Gasteiger partial charge in [0.15, 0.2) is 11.5 Å². The maximum atomic E-state index is 13.6. The Kier molecular flexibility index (Phi) is 6.54. The zero-order valence-electron chi connectivity index (χ0n) is 17.3. The first kappa shape index (κ1) is 23.3. The Hall–Kier alpha value is -3.40. The van der Waals surface area contributed by atoms with Crippen LogP contribution < -0.4 is 10.6 Å². The molecule has 32 heavy (non-hydrogen) atoms. The van der Waals surface area contributed by atoms with Gasteiger partial charge in [0.25, 0.3) is 11.8 Å². The molecule has 0 aliphatic heterocycles. The van der Waals surface area contributed by atoms with Gasteiger partial charge in [-0.25, -0.2) is 9.67 Å². The molecular formula is C21H19ClF3N5O2. The molecule has 3 rings (SSSR count). The van der Waals surface area contributed by atoms with E-state index < -0.39 is 29.2 Å².